The van der Waals surface area contributed by atoms with Crippen molar-refractivity contribution in [1.29, 1.82) is 0 Å². The van der Waals surface area contributed by atoms with Crippen LogP contribution in [-0.4, -0.2) is 77.7 Å². The lowest BCUT2D eigenvalue weighted by atomic mass is 10.1. The van der Waals surface area contributed by atoms with Crippen LogP contribution in [0, 0.1) is 0 Å². The Morgan fingerprint density at radius 1 is 0.926 bits per heavy atom. The van der Waals surface area contributed by atoms with Gasteiger partial charge in [-0.2, -0.15) is 4.98 Å². The predicted molar refractivity (Wildman–Crippen MR) is 107 cm³/mol. The monoisotopic (exact) mass is 369 g/mol. The Bertz CT molecular complexity index is 700. The number of hydrogen-bond acceptors (Lipinski definition) is 6. The molecule has 0 atom stereocenters. The van der Waals surface area contributed by atoms with E-state index < -0.39 is 0 Å². The fraction of sp³-hybridized carbons (Fsp3) is 0.619. The van der Waals surface area contributed by atoms with Gasteiger partial charge in [0.25, 0.3) is 0 Å². The van der Waals surface area contributed by atoms with Gasteiger partial charge in [-0.1, -0.05) is 29.4 Å². The molecule has 0 saturated carbocycles. The molecule has 0 aliphatic carbocycles. The molecule has 2 aliphatic heterocycles. The fourth-order valence-corrected chi connectivity index (χ4v) is 3.97. The van der Waals surface area contributed by atoms with Crippen LogP contribution in [0.3, 0.4) is 0 Å². The lowest BCUT2D eigenvalue weighted by molar-refractivity contribution is 0.153. The summed E-state index contributed by atoms with van der Waals surface area (Å²) in [5.74, 6) is 1.43. The summed E-state index contributed by atoms with van der Waals surface area (Å²) in [7, 11) is 2.21. The number of likely N-dealkylation sites (N-methyl/N-ethyl adjacent to an activating group) is 1. The molecule has 2 fully saturated rings. The van der Waals surface area contributed by atoms with Crippen LogP contribution < -0.4 is 0 Å². The van der Waals surface area contributed by atoms with E-state index >= 15 is 0 Å². The summed E-state index contributed by atoms with van der Waals surface area (Å²) >= 11 is 0. The minimum Gasteiger partial charge on any atom is -0.338 e. The highest BCUT2D eigenvalue weighted by Gasteiger charge is 2.16. The molecule has 1 aromatic carbocycles. The molecule has 0 bridgehead atoms. The van der Waals surface area contributed by atoms with Crippen LogP contribution in [0.15, 0.2) is 28.8 Å². The van der Waals surface area contributed by atoms with Gasteiger partial charge in [0.2, 0.25) is 11.7 Å². The number of nitrogens with zero attached hydrogens (tertiary/aromatic N) is 5. The molecule has 0 N–H and O–H groups in total. The Kier molecular flexibility index (Phi) is 6.17. The number of rotatable bonds is 7. The van der Waals surface area contributed by atoms with Gasteiger partial charge in [0.15, 0.2) is 0 Å². The summed E-state index contributed by atoms with van der Waals surface area (Å²) in [6, 6.07) is 8.65. The van der Waals surface area contributed by atoms with E-state index in [1.165, 1.54) is 57.5 Å². The molecule has 4 rings (SSSR count). The van der Waals surface area contributed by atoms with E-state index in [9.17, 15) is 0 Å². The Labute approximate surface area is 162 Å². The van der Waals surface area contributed by atoms with Crippen molar-refractivity contribution in [2.75, 3.05) is 52.9 Å². The van der Waals surface area contributed by atoms with Gasteiger partial charge in [0, 0.05) is 31.7 Å². The van der Waals surface area contributed by atoms with Crippen LogP contribution in [0.1, 0.15) is 30.7 Å². The summed E-state index contributed by atoms with van der Waals surface area (Å²) in [4.78, 5) is 11.9. The van der Waals surface area contributed by atoms with Gasteiger partial charge in [-0.15, -0.1) is 0 Å². The largest absolute Gasteiger partial charge is 0.338 e. The summed E-state index contributed by atoms with van der Waals surface area (Å²) in [6.07, 6.45) is 4.89. The zero-order valence-corrected chi connectivity index (χ0v) is 16.4. The van der Waals surface area contributed by atoms with Gasteiger partial charge in [-0.05, 0) is 57.9 Å². The third-order valence-electron chi connectivity index (χ3n) is 5.77. The van der Waals surface area contributed by atoms with E-state index in [1.807, 2.05) is 0 Å². The predicted octanol–water partition coefficient (Wildman–Crippen LogP) is 2.51. The first-order chi connectivity index (χ1) is 13.3. The number of piperazine rings is 1. The standard InChI is InChI=1S/C21H31N5O/c1-24-13-15-25(16-14-24)12-4-5-18-6-8-19(9-7-18)21-22-20(27-23-21)17-26-10-2-3-11-26/h6-9H,2-5,10-17H2,1H3. The van der Waals surface area contributed by atoms with Crippen molar-refractivity contribution in [1.82, 2.24) is 24.8 Å². The minimum atomic E-state index is 0.702. The Hall–Kier alpha value is -1.76. The second-order valence-corrected chi connectivity index (χ2v) is 7.94. The van der Waals surface area contributed by atoms with Gasteiger partial charge < -0.3 is 14.3 Å². The number of likely N-dealkylation sites (tertiary alicyclic amines) is 1. The van der Waals surface area contributed by atoms with Crippen LogP contribution in [0.4, 0.5) is 0 Å². The van der Waals surface area contributed by atoms with Crippen molar-refractivity contribution in [2.24, 2.45) is 0 Å². The first kappa shape index (κ1) is 18.6. The van der Waals surface area contributed by atoms with Crippen molar-refractivity contribution < 1.29 is 4.52 Å². The van der Waals surface area contributed by atoms with Gasteiger partial charge in [0.05, 0.1) is 6.54 Å². The number of hydrogen-bond donors (Lipinski definition) is 0. The summed E-state index contributed by atoms with van der Waals surface area (Å²) in [5, 5.41) is 4.16. The van der Waals surface area contributed by atoms with Gasteiger partial charge >= 0.3 is 0 Å². The third-order valence-corrected chi connectivity index (χ3v) is 5.77. The van der Waals surface area contributed by atoms with E-state index in [0.29, 0.717) is 5.82 Å². The smallest absolute Gasteiger partial charge is 0.241 e. The highest BCUT2D eigenvalue weighted by molar-refractivity contribution is 5.54. The number of aromatic nitrogens is 2. The molecule has 0 radical (unpaired) electrons. The maximum atomic E-state index is 5.44. The van der Waals surface area contributed by atoms with E-state index in [0.717, 1.165) is 37.5 Å². The maximum absolute atomic E-state index is 5.44. The normalized spacial score (nSPS) is 19.7. The topological polar surface area (TPSA) is 48.6 Å². The molecular weight excluding hydrogens is 338 g/mol. The summed E-state index contributed by atoms with van der Waals surface area (Å²) in [5.41, 5.74) is 2.42. The molecule has 0 unspecified atom stereocenters. The summed E-state index contributed by atoms with van der Waals surface area (Å²) in [6.45, 7) is 9.04. The second kappa shape index (κ2) is 8.95. The van der Waals surface area contributed by atoms with Crippen molar-refractivity contribution in [3.63, 3.8) is 0 Å². The average molecular weight is 370 g/mol. The van der Waals surface area contributed by atoms with Gasteiger partial charge in [-0.3, -0.25) is 4.90 Å². The molecule has 2 aromatic rings. The Balaban J connectivity index is 1.25. The zero-order valence-electron chi connectivity index (χ0n) is 16.4. The highest BCUT2D eigenvalue weighted by Crippen LogP contribution is 2.19. The quantitative estimate of drug-likeness (QED) is 0.747. The van der Waals surface area contributed by atoms with Crippen molar-refractivity contribution >= 4 is 0 Å². The minimum absolute atomic E-state index is 0.702. The third kappa shape index (κ3) is 5.15. The molecule has 27 heavy (non-hydrogen) atoms. The van der Waals surface area contributed by atoms with Crippen LogP contribution in [-0.2, 0) is 13.0 Å². The Morgan fingerprint density at radius 2 is 1.67 bits per heavy atom. The first-order valence-electron chi connectivity index (χ1n) is 10.3. The van der Waals surface area contributed by atoms with E-state index in [4.69, 9.17) is 4.52 Å². The lowest BCUT2D eigenvalue weighted by Gasteiger charge is -2.32. The molecule has 2 aliphatic rings. The number of benzene rings is 1. The molecule has 1 aromatic heterocycles. The summed E-state index contributed by atoms with van der Waals surface area (Å²) < 4.78 is 5.44. The molecule has 0 spiro atoms. The number of aryl methyl sites for hydroxylation is 1. The lowest BCUT2D eigenvalue weighted by Crippen LogP contribution is -2.44. The fourth-order valence-electron chi connectivity index (χ4n) is 3.97. The van der Waals surface area contributed by atoms with E-state index in [-0.39, 0.29) is 0 Å². The first-order valence-corrected chi connectivity index (χ1v) is 10.3. The van der Waals surface area contributed by atoms with Crippen molar-refractivity contribution in [3.05, 3.63) is 35.7 Å². The second-order valence-electron chi connectivity index (χ2n) is 7.94. The molecule has 146 valence electrons. The molecule has 3 heterocycles. The molecular formula is C21H31N5O. The molecule has 0 amide bonds. The average Bonchev–Trinajstić information content (AvgIpc) is 3.37. The van der Waals surface area contributed by atoms with Gasteiger partial charge in [0.1, 0.15) is 0 Å². The van der Waals surface area contributed by atoms with E-state index in [2.05, 4.69) is 56.2 Å². The highest BCUT2D eigenvalue weighted by atomic mass is 16.5. The zero-order chi connectivity index (χ0) is 18.5. The molecule has 6 heteroatoms. The van der Waals surface area contributed by atoms with Crippen LogP contribution in [0.2, 0.25) is 0 Å². The van der Waals surface area contributed by atoms with Gasteiger partial charge in [-0.25, -0.2) is 0 Å². The molecule has 2 saturated heterocycles. The SMILES string of the molecule is CN1CCN(CCCc2ccc(-c3noc(CN4CCCC4)n3)cc2)CC1. The van der Waals surface area contributed by atoms with E-state index in [1.54, 1.807) is 0 Å². The van der Waals surface area contributed by atoms with Crippen LogP contribution >= 0.6 is 0 Å². The van der Waals surface area contributed by atoms with Crippen LogP contribution in [0.25, 0.3) is 11.4 Å². The molecule has 6 nitrogen and oxygen atoms in total. The maximum Gasteiger partial charge on any atom is 0.241 e. The van der Waals surface area contributed by atoms with Crippen molar-refractivity contribution in [3.8, 4) is 11.4 Å². The Morgan fingerprint density at radius 3 is 2.41 bits per heavy atom. The van der Waals surface area contributed by atoms with Crippen LogP contribution in [0.5, 0.6) is 0 Å². The van der Waals surface area contributed by atoms with Crippen molar-refractivity contribution in [2.45, 2.75) is 32.2 Å².